The number of fused-ring (bicyclic) bond motifs is 4. The lowest BCUT2D eigenvalue weighted by atomic mass is 10.0. The summed E-state index contributed by atoms with van der Waals surface area (Å²) in [5.41, 5.74) is 10.8. The lowest BCUT2D eigenvalue weighted by Gasteiger charge is -2.28. The Balaban J connectivity index is 1.22. The van der Waals surface area contributed by atoms with Crippen LogP contribution < -0.4 is 4.90 Å². The Morgan fingerprint density at radius 3 is 1.96 bits per heavy atom. The number of hydrogen-bond donors (Lipinski definition) is 0. The highest BCUT2D eigenvalue weighted by Gasteiger charge is 2.20. The fourth-order valence-corrected chi connectivity index (χ4v) is 7.68. The second-order valence-corrected chi connectivity index (χ2v) is 12.7. The van der Waals surface area contributed by atoms with E-state index in [9.17, 15) is 0 Å². The molecule has 0 saturated heterocycles. The van der Waals surface area contributed by atoms with Gasteiger partial charge in [0.15, 0.2) is 5.58 Å². The van der Waals surface area contributed by atoms with Crippen LogP contribution in [-0.4, -0.2) is 4.98 Å². The first-order chi connectivity index (χ1) is 23.3. The van der Waals surface area contributed by atoms with Crippen molar-refractivity contribution in [2.24, 2.45) is 0 Å². The molecule has 0 amide bonds. The topological polar surface area (TPSA) is 29.3 Å². The molecule has 0 unspecified atom stereocenters. The maximum Gasteiger partial charge on any atom is 0.227 e. The second-order valence-electron chi connectivity index (χ2n) is 11.6. The third-order valence-corrected chi connectivity index (χ3v) is 9.84. The minimum Gasteiger partial charge on any atom is -0.436 e. The van der Waals surface area contributed by atoms with Crippen molar-refractivity contribution in [2.75, 3.05) is 4.90 Å². The quantitative estimate of drug-likeness (QED) is 0.185. The lowest BCUT2D eigenvalue weighted by Crippen LogP contribution is -2.11. The summed E-state index contributed by atoms with van der Waals surface area (Å²) in [4.78, 5) is 7.22. The molecule has 0 fully saturated rings. The molecule has 0 N–H and O–H groups in total. The zero-order valence-corrected chi connectivity index (χ0v) is 26.2. The number of oxazole rings is 1. The summed E-state index contributed by atoms with van der Waals surface area (Å²) in [5.74, 6) is 0.650. The SMILES string of the molecule is c1ccc(-c2ccc(N(c3ccc4c(c3)sc3cccc(-c5nc6ccccc6o5)c34)c3ccccc3-c3ccccc3)cc2)cc1. The molecule has 0 aliphatic rings. The number of rotatable bonds is 6. The van der Waals surface area contributed by atoms with Gasteiger partial charge in [0.2, 0.25) is 5.89 Å². The van der Waals surface area contributed by atoms with Crippen LogP contribution in [0.15, 0.2) is 174 Å². The zero-order chi connectivity index (χ0) is 31.2. The van der Waals surface area contributed by atoms with Gasteiger partial charge in [0.25, 0.3) is 0 Å². The van der Waals surface area contributed by atoms with Crippen molar-refractivity contribution >= 4 is 59.7 Å². The predicted molar refractivity (Wildman–Crippen MR) is 198 cm³/mol. The Hall–Kier alpha value is -5.97. The molecule has 2 aromatic heterocycles. The summed E-state index contributed by atoms with van der Waals surface area (Å²) in [6.45, 7) is 0. The van der Waals surface area contributed by atoms with E-state index in [4.69, 9.17) is 9.40 Å². The molecular weight excluding hydrogens is 593 g/mol. The van der Waals surface area contributed by atoms with Crippen LogP contribution in [-0.2, 0) is 0 Å². The molecule has 0 atom stereocenters. The van der Waals surface area contributed by atoms with Gasteiger partial charge in [-0.15, -0.1) is 11.3 Å². The van der Waals surface area contributed by atoms with Crippen molar-refractivity contribution in [2.45, 2.75) is 0 Å². The highest BCUT2D eigenvalue weighted by atomic mass is 32.1. The molecule has 222 valence electrons. The van der Waals surface area contributed by atoms with Crippen molar-refractivity contribution in [1.29, 1.82) is 0 Å². The Morgan fingerprint density at radius 1 is 0.489 bits per heavy atom. The van der Waals surface area contributed by atoms with Gasteiger partial charge < -0.3 is 9.32 Å². The molecule has 0 bridgehead atoms. The fraction of sp³-hybridized carbons (Fsp3) is 0. The third kappa shape index (κ3) is 4.87. The summed E-state index contributed by atoms with van der Waals surface area (Å²) in [6, 6.07) is 59.9. The van der Waals surface area contributed by atoms with E-state index in [1.54, 1.807) is 11.3 Å². The van der Waals surface area contributed by atoms with Crippen LogP contribution >= 0.6 is 11.3 Å². The maximum absolute atomic E-state index is 6.24. The molecule has 0 aliphatic heterocycles. The Labute approximate surface area is 276 Å². The molecular formula is C43H28N2OS. The number of thiophene rings is 1. The van der Waals surface area contributed by atoms with Crippen LogP contribution in [0, 0.1) is 0 Å². The van der Waals surface area contributed by atoms with Gasteiger partial charge in [-0.25, -0.2) is 4.98 Å². The van der Waals surface area contributed by atoms with Crippen LogP contribution in [0.4, 0.5) is 17.1 Å². The molecule has 0 radical (unpaired) electrons. The standard InChI is InChI=1S/C43H28N2OS/c1-3-12-29(13-4-1)30-22-24-32(25-23-30)45(38-19-9-7-16-34(38)31-14-5-2-6-15-31)33-26-27-35-41(28-33)47-40-21-11-17-36(42(35)40)43-44-37-18-8-10-20-39(37)46-43/h1-28H. The van der Waals surface area contributed by atoms with Gasteiger partial charge in [-0.05, 0) is 71.3 Å². The number of benzene rings is 7. The molecule has 47 heavy (non-hydrogen) atoms. The first kappa shape index (κ1) is 27.3. The summed E-state index contributed by atoms with van der Waals surface area (Å²) >= 11 is 1.80. The molecule has 0 spiro atoms. The first-order valence-corrected chi connectivity index (χ1v) is 16.5. The number of hydrogen-bond acceptors (Lipinski definition) is 4. The minimum atomic E-state index is 0.650. The van der Waals surface area contributed by atoms with Gasteiger partial charge in [-0.1, -0.05) is 115 Å². The van der Waals surface area contributed by atoms with Crippen molar-refractivity contribution in [3.8, 4) is 33.7 Å². The van der Waals surface area contributed by atoms with Gasteiger partial charge >= 0.3 is 0 Å². The van der Waals surface area contributed by atoms with Crippen molar-refractivity contribution < 1.29 is 4.42 Å². The number of nitrogens with zero attached hydrogens (tertiary/aromatic N) is 2. The van der Waals surface area contributed by atoms with Crippen molar-refractivity contribution in [3.63, 3.8) is 0 Å². The molecule has 3 nitrogen and oxygen atoms in total. The smallest absolute Gasteiger partial charge is 0.227 e. The highest BCUT2D eigenvalue weighted by molar-refractivity contribution is 7.26. The first-order valence-electron chi connectivity index (χ1n) is 15.7. The van der Waals surface area contributed by atoms with E-state index < -0.39 is 0 Å². The highest BCUT2D eigenvalue weighted by Crippen LogP contribution is 2.45. The fourth-order valence-electron chi connectivity index (χ4n) is 6.51. The van der Waals surface area contributed by atoms with Gasteiger partial charge in [0, 0.05) is 42.7 Å². The van der Waals surface area contributed by atoms with E-state index in [0.29, 0.717) is 5.89 Å². The number of aromatic nitrogens is 1. The summed E-state index contributed by atoms with van der Waals surface area (Å²) in [5, 5.41) is 2.37. The Morgan fingerprint density at radius 2 is 1.15 bits per heavy atom. The average molecular weight is 621 g/mol. The maximum atomic E-state index is 6.24. The van der Waals surface area contributed by atoms with Gasteiger partial charge in [-0.3, -0.25) is 0 Å². The largest absolute Gasteiger partial charge is 0.436 e. The van der Waals surface area contributed by atoms with Crippen LogP contribution in [0.25, 0.3) is 65.0 Å². The number of para-hydroxylation sites is 3. The van der Waals surface area contributed by atoms with E-state index >= 15 is 0 Å². The van der Waals surface area contributed by atoms with Gasteiger partial charge in [-0.2, -0.15) is 0 Å². The molecule has 9 rings (SSSR count). The monoisotopic (exact) mass is 620 g/mol. The van der Waals surface area contributed by atoms with Gasteiger partial charge in [0.05, 0.1) is 5.69 Å². The third-order valence-electron chi connectivity index (χ3n) is 8.73. The predicted octanol–water partition coefficient (Wildman–Crippen LogP) is 12.7. The van der Waals surface area contributed by atoms with E-state index in [0.717, 1.165) is 33.7 Å². The molecule has 9 aromatic rings. The number of anilines is 3. The van der Waals surface area contributed by atoms with E-state index in [1.165, 1.54) is 42.4 Å². The summed E-state index contributed by atoms with van der Waals surface area (Å²) < 4.78 is 8.66. The molecule has 0 saturated carbocycles. The Bertz CT molecular complexity index is 2480. The van der Waals surface area contributed by atoms with Crippen LogP contribution in [0.2, 0.25) is 0 Å². The van der Waals surface area contributed by atoms with Crippen LogP contribution in [0.1, 0.15) is 0 Å². The molecule has 0 aliphatic carbocycles. The summed E-state index contributed by atoms with van der Waals surface area (Å²) in [7, 11) is 0. The molecule has 4 heteroatoms. The molecule has 7 aromatic carbocycles. The Kier molecular flexibility index (Phi) is 6.65. The summed E-state index contributed by atoms with van der Waals surface area (Å²) in [6.07, 6.45) is 0. The second kappa shape index (κ2) is 11.4. The minimum absolute atomic E-state index is 0.650. The van der Waals surface area contributed by atoms with Crippen LogP contribution in [0.3, 0.4) is 0 Å². The van der Waals surface area contributed by atoms with E-state index in [-0.39, 0.29) is 0 Å². The van der Waals surface area contributed by atoms with Crippen LogP contribution in [0.5, 0.6) is 0 Å². The normalized spacial score (nSPS) is 11.4. The zero-order valence-electron chi connectivity index (χ0n) is 25.4. The van der Waals surface area contributed by atoms with E-state index in [2.05, 4.69) is 150 Å². The molecule has 2 heterocycles. The van der Waals surface area contributed by atoms with Crippen molar-refractivity contribution in [1.82, 2.24) is 4.98 Å². The van der Waals surface area contributed by atoms with E-state index in [1.807, 2.05) is 24.3 Å². The average Bonchev–Trinajstić information content (AvgIpc) is 3.75. The van der Waals surface area contributed by atoms with Gasteiger partial charge in [0.1, 0.15) is 5.52 Å². The lowest BCUT2D eigenvalue weighted by molar-refractivity contribution is 0.620. The van der Waals surface area contributed by atoms with Crippen molar-refractivity contribution in [3.05, 3.63) is 170 Å².